The number of hydrogen-bond acceptors (Lipinski definition) is 6. The van der Waals surface area contributed by atoms with Gasteiger partial charge in [0.05, 0.1) is 12.0 Å². The Morgan fingerprint density at radius 2 is 2.00 bits per heavy atom. The van der Waals surface area contributed by atoms with Gasteiger partial charge in [-0.15, -0.1) is 11.3 Å². The second-order valence-corrected chi connectivity index (χ2v) is 8.97. The highest BCUT2D eigenvalue weighted by Crippen LogP contribution is 2.45. The van der Waals surface area contributed by atoms with Gasteiger partial charge in [0, 0.05) is 23.4 Å². The van der Waals surface area contributed by atoms with Crippen LogP contribution in [0, 0.1) is 5.92 Å². The molecule has 2 N–H and O–H groups in total. The number of aromatic nitrogens is 2. The van der Waals surface area contributed by atoms with Crippen LogP contribution in [-0.2, 0) is 6.42 Å². The van der Waals surface area contributed by atoms with Crippen molar-refractivity contribution in [2.24, 2.45) is 5.92 Å². The fourth-order valence-corrected chi connectivity index (χ4v) is 5.80. The first kappa shape index (κ1) is 17.2. The number of aryl methyl sites for hydroxylation is 1. The molecule has 1 unspecified atom stereocenters. The van der Waals surface area contributed by atoms with E-state index >= 15 is 0 Å². The Kier molecular flexibility index (Phi) is 4.93. The highest BCUT2D eigenvalue weighted by molar-refractivity contribution is 7.19. The number of nitrogens with one attached hydrogen (secondary N) is 1. The summed E-state index contributed by atoms with van der Waals surface area (Å²) in [5.41, 5.74) is 1.31. The quantitative estimate of drug-likeness (QED) is 0.857. The van der Waals surface area contributed by atoms with E-state index in [1.165, 1.54) is 48.1 Å². The van der Waals surface area contributed by atoms with Crippen LogP contribution in [0.5, 0.6) is 0 Å². The molecule has 6 heteroatoms. The van der Waals surface area contributed by atoms with Crippen LogP contribution in [-0.4, -0.2) is 53.3 Å². The summed E-state index contributed by atoms with van der Waals surface area (Å²) >= 11 is 1.78. The second kappa shape index (κ2) is 7.17. The summed E-state index contributed by atoms with van der Waals surface area (Å²) in [6.45, 7) is 1.42. The molecule has 4 rings (SSSR count). The van der Waals surface area contributed by atoms with E-state index in [9.17, 15) is 5.11 Å². The fraction of sp³-hybridized carbons (Fsp3) is 0.684. The van der Waals surface area contributed by atoms with Crippen LogP contribution in [0.3, 0.4) is 0 Å². The van der Waals surface area contributed by atoms with Crippen LogP contribution in [0.1, 0.15) is 48.5 Å². The number of aliphatic hydroxyl groups is 1. The predicted octanol–water partition coefficient (Wildman–Crippen LogP) is 3.25. The van der Waals surface area contributed by atoms with Crippen molar-refractivity contribution >= 4 is 27.4 Å². The third-order valence-electron chi connectivity index (χ3n) is 5.76. The second-order valence-electron chi connectivity index (χ2n) is 7.88. The van der Waals surface area contributed by atoms with E-state index < -0.39 is 0 Å². The molecule has 0 spiro atoms. The monoisotopic (exact) mass is 360 g/mol. The average Bonchev–Trinajstić information content (AvgIpc) is 3.15. The molecule has 1 atom stereocenters. The Labute approximate surface area is 153 Å². The topological polar surface area (TPSA) is 61.3 Å². The number of fused-ring (bicyclic) bond motifs is 3. The Balaban J connectivity index is 1.53. The molecule has 2 aliphatic carbocycles. The zero-order valence-electron chi connectivity index (χ0n) is 15.2. The van der Waals surface area contributed by atoms with Crippen LogP contribution in [0.2, 0.25) is 0 Å². The molecule has 1 fully saturated rings. The van der Waals surface area contributed by atoms with E-state index in [0.29, 0.717) is 6.04 Å². The van der Waals surface area contributed by atoms with Crippen LogP contribution in [0.25, 0.3) is 10.2 Å². The highest BCUT2D eigenvalue weighted by atomic mass is 32.1. The van der Waals surface area contributed by atoms with Gasteiger partial charge in [-0.05, 0) is 64.1 Å². The molecule has 2 aromatic heterocycles. The van der Waals surface area contributed by atoms with Gasteiger partial charge >= 0.3 is 0 Å². The van der Waals surface area contributed by atoms with Crippen LogP contribution >= 0.6 is 11.3 Å². The number of hydrogen-bond donors (Lipinski definition) is 2. The predicted molar refractivity (Wildman–Crippen MR) is 103 cm³/mol. The molecule has 0 amide bonds. The largest absolute Gasteiger partial charge is 0.396 e. The molecular weight excluding hydrogens is 332 g/mol. The third kappa shape index (κ3) is 3.39. The van der Waals surface area contributed by atoms with E-state index in [0.717, 1.165) is 29.4 Å². The van der Waals surface area contributed by atoms with Crippen molar-refractivity contribution in [3.05, 3.63) is 16.8 Å². The Bertz CT molecular complexity index is 736. The normalized spacial score (nSPS) is 26.3. The maximum absolute atomic E-state index is 9.74. The molecule has 2 heterocycles. The first-order valence-electron chi connectivity index (χ1n) is 9.44. The number of aliphatic hydroxyl groups excluding tert-OH is 1. The van der Waals surface area contributed by atoms with Crippen LogP contribution in [0.15, 0.2) is 6.33 Å². The minimum absolute atomic E-state index is 0.225. The van der Waals surface area contributed by atoms with Crippen molar-refractivity contribution in [2.45, 2.75) is 50.5 Å². The maximum Gasteiger partial charge on any atom is 0.138 e. The molecule has 5 nitrogen and oxygen atoms in total. The summed E-state index contributed by atoms with van der Waals surface area (Å²) in [5, 5.41) is 14.6. The van der Waals surface area contributed by atoms with E-state index in [1.54, 1.807) is 17.7 Å². The average molecular weight is 361 g/mol. The SMILES string of the molecule is CN(C)CC1CCC(Nc2ncnc3sc4c(c23)C(CO)CC4)CC1. The van der Waals surface area contributed by atoms with Gasteiger partial charge in [-0.25, -0.2) is 9.97 Å². The van der Waals surface area contributed by atoms with E-state index in [2.05, 4.69) is 34.3 Å². The molecule has 1 saturated carbocycles. The maximum atomic E-state index is 9.74. The lowest BCUT2D eigenvalue weighted by molar-refractivity contribution is 0.255. The van der Waals surface area contributed by atoms with Gasteiger partial charge < -0.3 is 15.3 Å². The first-order valence-corrected chi connectivity index (χ1v) is 10.3. The van der Waals surface area contributed by atoms with Gasteiger partial charge in [-0.2, -0.15) is 0 Å². The van der Waals surface area contributed by atoms with Crippen molar-refractivity contribution in [2.75, 3.05) is 32.6 Å². The molecular formula is C19H28N4OS. The molecule has 2 aromatic rings. The molecule has 136 valence electrons. The van der Waals surface area contributed by atoms with Crippen molar-refractivity contribution in [1.82, 2.24) is 14.9 Å². The van der Waals surface area contributed by atoms with Crippen LogP contribution in [0.4, 0.5) is 5.82 Å². The number of thiophene rings is 1. The number of rotatable bonds is 5. The minimum atomic E-state index is 0.225. The lowest BCUT2D eigenvalue weighted by Crippen LogP contribution is -2.31. The number of anilines is 1. The van der Waals surface area contributed by atoms with Crippen molar-refractivity contribution in [1.29, 1.82) is 0 Å². The van der Waals surface area contributed by atoms with Gasteiger partial charge in [0.2, 0.25) is 0 Å². The zero-order valence-corrected chi connectivity index (χ0v) is 16.0. The summed E-state index contributed by atoms with van der Waals surface area (Å²) in [5.74, 6) is 2.06. The third-order valence-corrected chi connectivity index (χ3v) is 6.93. The molecule has 25 heavy (non-hydrogen) atoms. The van der Waals surface area contributed by atoms with Gasteiger partial charge in [0.1, 0.15) is 17.0 Å². The lowest BCUT2D eigenvalue weighted by Gasteiger charge is -2.31. The standard InChI is InChI=1S/C19H28N4OS/c1-23(2)9-12-3-6-14(7-4-12)22-18-17-16-13(10-24)5-8-15(16)25-19(17)21-11-20-18/h11-14,24H,3-10H2,1-2H3,(H,20,21,22). The first-order chi connectivity index (χ1) is 12.2. The Morgan fingerprint density at radius 1 is 1.20 bits per heavy atom. The van der Waals surface area contributed by atoms with Crippen molar-refractivity contribution < 1.29 is 5.11 Å². The fourth-order valence-electron chi connectivity index (χ4n) is 4.56. The van der Waals surface area contributed by atoms with Gasteiger partial charge in [-0.1, -0.05) is 0 Å². The van der Waals surface area contributed by atoms with Crippen molar-refractivity contribution in [3.63, 3.8) is 0 Å². The number of nitrogens with zero attached hydrogens (tertiary/aromatic N) is 3. The summed E-state index contributed by atoms with van der Waals surface area (Å²) in [6.07, 6.45) is 8.78. The summed E-state index contributed by atoms with van der Waals surface area (Å²) in [6, 6.07) is 0.501. The summed E-state index contributed by atoms with van der Waals surface area (Å²) in [4.78, 5) is 13.8. The summed E-state index contributed by atoms with van der Waals surface area (Å²) < 4.78 is 0. The van der Waals surface area contributed by atoms with Crippen LogP contribution < -0.4 is 5.32 Å². The highest BCUT2D eigenvalue weighted by Gasteiger charge is 2.30. The van der Waals surface area contributed by atoms with E-state index in [1.807, 2.05) is 0 Å². The smallest absolute Gasteiger partial charge is 0.138 e. The Morgan fingerprint density at radius 3 is 2.72 bits per heavy atom. The molecule has 0 aliphatic heterocycles. The van der Waals surface area contributed by atoms with Gasteiger partial charge in [-0.3, -0.25) is 0 Å². The molecule has 0 saturated heterocycles. The lowest BCUT2D eigenvalue weighted by atomic mass is 9.85. The molecule has 2 aliphatic rings. The minimum Gasteiger partial charge on any atom is -0.396 e. The van der Waals surface area contributed by atoms with E-state index in [-0.39, 0.29) is 12.5 Å². The van der Waals surface area contributed by atoms with Gasteiger partial charge in [0.15, 0.2) is 0 Å². The molecule has 0 aromatic carbocycles. The van der Waals surface area contributed by atoms with Gasteiger partial charge in [0.25, 0.3) is 0 Å². The Hall–Kier alpha value is -1.24. The van der Waals surface area contributed by atoms with Crippen molar-refractivity contribution in [3.8, 4) is 0 Å². The molecule has 0 bridgehead atoms. The van der Waals surface area contributed by atoms with E-state index in [4.69, 9.17) is 0 Å². The zero-order chi connectivity index (χ0) is 17.4. The molecule has 0 radical (unpaired) electrons. The summed E-state index contributed by atoms with van der Waals surface area (Å²) in [7, 11) is 4.33.